The molecule has 0 bridgehead atoms. The average Bonchev–Trinajstić information content (AvgIpc) is 3.04. The number of carbonyl (C=O) groups is 1. The van der Waals surface area contributed by atoms with E-state index in [0.29, 0.717) is 13.0 Å². The van der Waals surface area contributed by atoms with Gasteiger partial charge in [0, 0.05) is 39.1 Å². The summed E-state index contributed by atoms with van der Waals surface area (Å²) in [7, 11) is 0. The molecule has 1 N–H and O–H groups in total. The van der Waals surface area contributed by atoms with E-state index in [0.717, 1.165) is 51.5 Å². The number of ether oxygens (including phenoxy) is 1. The van der Waals surface area contributed by atoms with Crippen molar-refractivity contribution in [1.29, 1.82) is 0 Å². The third-order valence-corrected chi connectivity index (χ3v) is 5.37. The summed E-state index contributed by atoms with van der Waals surface area (Å²) in [4.78, 5) is 17.0. The van der Waals surface area contributed by atoms with Gasteiger partial charge in [0.05, 0.1) is 36.7 Å². The molecule has 1 amide bonds. The molecule has 1 fully saturated rings. The second-order valence-corrected chi connectivity index (χ2v) is 8.02. The predicted octanol–water partition coefficient (Wildman–Crippen LogP) is 1.61. The van der Waals surface area contributed by atoms with Crippen molar-refractivity contribution in [3.05, 3.63) is 17.5 Å². The minimum Gasteiger partial charge on any atom is -0.373 e. The van der Waals surface area contributed by atoms with E-state index in [-0.39, 0.29) is 18.1 Å². The molecular formula is C20H35N5O2. The molecule has 0 radical (unpaired) electrons. The van der Waals surface area contributed by atoms with Gasteiger partial charge in [-0.05, 0) is 32.9 Å². The number of fused-ring (bicyclic) bond motifs is 1. The Morgan fingerprint density at radius 3 is 2.74 bits per heavy atom. The molecule has 27 heavy (non-hydrogen) atoms. The van der Waals surface area contributed by atoms with Gasteiger partial charge in [-0.25, -0.2) is 0 Å². The smallest absolute Gasteiger partial charge is 0.221 e. The van der Waals surface area contributed by atoms with Crippen LogP contribution in [0.15, 0.2) is 6.07 Å². The Morgan fingerprint density at radius 2 is 2.00 bits per heavy atom. The van der Waals surface area contributed by atoms with Gasteiger partial charge in [0.25, 0.3) is 0 Å². The van der Waals surface area contributed by atoms with E-state index in [1.807, 2.05) is 0 Å². The molecule has 2 atom stereocenters. The third kappa shape index (κ3) is 6.02. The number of nitrogens with zero attached hydrogens (tertiary/aromatic N) is 4. The van der Waals surface area contributed by atoms with Gasteiger partial charge in [-0.15, -0.1) is 0 Å². The van der Waals surface area contributed by atoms with Crippen LogP contribution in [0.1, 0.15) is 51.4 Å². The fourth-order valence-electron chi connectivity index (χ4n) is 4.04. The molecule has 1 saturated heterocycles. The van der Waals surface area contributed by atoms with E-state index in [1.54, 1.807) is 0 Å². The lowest BCUT2D eigenvalue weighted by Crippen LogP contribution is -2.46. The van der Waals surface area contributed by atoms with E-state index >= 15 is 0 Å². The molecule has 0 spiro atoms. The Labute approximate surface area is 163 Å². The topological polar surface area (TPSA) is 62.6 Å². The molecule has 3 rings (SSSR count). The Morgan fingerprint density at radius 1 is 1.22 bits per heavy atom. The first kappa shape index (κ1) is 20.3. The molecule has 0 aromatic carbocycles. The van der Waals surface area contributed by atoms with Crippen LogP contribution in [0.5, 0.6) is 0 Å². The van der Waals surface area contributed by atoms with E-state index in [1.165, 1.54) is 18.5 Å². The fraction of sp³-hybridized carbons (Fsp3) is 0.800. The zero-order valence-corrected chi connectivity index (χ0v) is 17.1. The number of amides is 1. The van der Waals surface area contributed by atoms with E-state index in [4.69, 9.17) is 4.74 Å². The largest absolute Gasteiger partial charge is 0.373 e. The summed E-state index contributed by atoms with van der Waals surface area (Å²) in [6.45, 7) is 13.7. The van der Waals surface area contributed by atoms with E-state index < -0.39 is 0 Å². The van der Waals surface area contributed by atoms with Gasteiger partial charge in [-0.3, -0.25) is 19.3 Å². The van der Waals surface area contributed by atoms with Gasteiger partial charge in [-0.1, -0.05) is 13.3 Å². The first-order valence-corrected chi connectivity index (χ1v) is 10.5. The molecule has 2 aliphatic rings. The first-order chi connectivity index (χ1) is 13.0. The first-order valence-electron chi connectivity index (χ1n) is 10.5. The van der Waals surface area contributed by atoms with Crippen molar-refractivity contribution in [1.82, 2.24) is 24.9 Å². The fourth-order valence-corrected chi connectivity index (χ4v) is 4.04. The highest BCUT2D eigenvalue weighted by Gasteiger charge is 2.22. The SMILES string of the molecule is CCCCN1CCn2nc(CNC(=O)CCN3C[C@@H](C)O[C@@H](C)C3)cc2C1. The highest BCUT2D eigenvalue weighted by molar-refractivity contribution is 5.76. The van der Waals surface area contributed by atoms with Crippen molar-refractivity contribution >= 4 is 5.91 Å². The minimum atomic E-state index is 0.0948. The number of nitrogens with one attached hydrogen (secondary N) is 1. The number of morpholine rings is 1. The van der Waals surface area contributed by atoms with Crippen molar-refractivity contribution in [2.24, 2.45) is 0 Å². The Hall–Kier alpha value is -1.44. The summed E-state index contributed by atoms with van der Waals surface area (Å²) >= 11 is 0. The zero-order chi connectivity index (χ0) is 19.2. The van der Waals surface area contributed by atoms with E-state index in [9.17, 15) is 4.79 Å². The standard InChI is InChI=1S/C20H35N5O2/c1-4-5-7-23-9-10-25-19(15-23)11-18(22-25)12-21-20(26)6-8-24-13-16(2)27-17(3)14-24/h11,16-17H,4-10,12-15H2,1-3H3,(H,21,26)/t16-,17+. The maximum Gasteiger partial charge on any atom is 0.221 e. The summed E-state index contributed by atoms with van der Waals surface area (Å²) in [6.07, 6.45) is 3.49. The molecular weight excluding hydrogens is 342 g/mol. The maximum absolute atomic E-state index is 12.2. The van der Waals surface area contributed by atoms with Crippen molar-refractivity contribution < 1.29 is 9.53 Å². The second kappa shape index (κ2) is 9.66. The van der Waals surface area contributed by atoms with Crippen LogP contribution in [0.2, 0.25) is 0 Å². The van der Waals surface area contributed by atoms with Crippen molar-refractivity contribution in [2.45, 2.75) is 71.9 Å². The van der Waals surface area contributed by atoms with Crippen LogP contribution in [-0.4, -0.2) is 70.4 Å². The van der Waals surface area contributed by atoms with Crippen LogP contribution in [0.25, 0.3) is 0 Å². The van der Waals surface area contributed by atoms with Gasteiger partial charge < -0.3 is 10.1 Å². The summed E-state index contributed by atoms with van der Waals surface area (Å²) in [5.74, 6) is 0.0948. The quantitative estimate of drug-likeness (QED) is 0.746. The van der Waals surface area contributed by atoms with Gasteiger partial charge in [0.15, 0.2) is 0 Å². The summed E-state index contributed by atoms with van der Waals surface area (Å²) in [5.41, 5.74) is 2.22. The van der Waals surface area contributed by atoms with Crippen molar-refractivity contribution in [3.8, 4) is 0 Å². The Kier molecular flexibility index (Phi) is 7.26. The monoisotopic (exact) mass is 377 g/mol. The summed E-state index contributed by atoms with van der Waals surface area (Å²) in [6, 6.07) is 2.14. The Bertz CT molecular complexity index is 608. The lowest BCUT2D eigenvalue weighted by atomic mass is 10.2. The molecule has 7 nitrogen and oxygen atoms in total. The van der Waals surface area contributed by atoms with Gasteiger partial charge >= 0.3 is 0 Å². The molecule has 2 aliphatic heterocycles. The molecule has 3 heterocycles. The van der Waals surface area contributed by atoms with Crippen LogP contribution in [0.4, 0.5) is 0 Å². The number of hydrogen-bond donors (Lipinski definition) is 1. The van der Waals surface area contributed by atoms with Gasteiger partial charge in [-0.2, -0.15) is 5.10 Å². The van der Waals surface area contributed by atoms with E-state index in [2.05, 4.69) is 51.7 Å². The normalized spacial score (nSPS) is 24.0. The number of unbranched alkanes of at least 4 members (excludes halogenated alkanes) is 1. The van der Waals surface area contributed by atoms with Crippen molar-refractivity contribution in [2.75, 3.05) is 32.7 Å². The number of hydrogen-bond acceptors (Lipinski definition) is 5. The summed E-state index contributed by atoms with van der Waals surface area (Å²) in [5, 5.41) is 7.68. The van der Waals surface area contributed by atoms with Crippen LogP contribution >= 0.6 is 0 Å². The highest BCUT2D eigenvalue weighted by atomic mass is 16.5. The summed E-state index contributed by atoms with van der Waals surface area (Å²) < 4.78 is 7.84. The maximum atomic E-state index is 12.2. The molecule has 1 aromatic heterocycles. The molecule has 0 aliphatic carbocycles. The van der Waals surface area contributed by atoms with Crippen LogP contribution in [0, 0.1) is 0 Å². The molecule has 0 unspecified atom stereocenters. The third-order valence-electron chi connectivity index (χ3n) is 5.37. The molecule has 152 valence electrons. The van der Waals surface area contributed by atoms with Gasteiger partial charge in [0.2, 0.25) is 5.91 Å². The molecule has 7 heteroatoms. The highest BCUT2D eigenvalue weighted by Crippen LogP contribution is 2.14. The predicted molar refractivity (Wildman–Crippen MR) is 105 cm³/mol. The zero-order valence-electron chi connectivity index (χ0n) is 17.1. The van der Waals surface area contributed by atoms with Crippen LogP contribution in [0.3, 0.4) is 0 Å². The van der Waals surface area contributed by atoms with Gasteiger partial charge in [0.1, 0.15) is 0 Å². The minimum absolute atomic E-state index is 0.0948. The van der Waals surface area contributed by atoms with Crippen LogP contribution < -0.4 is 5.32 Å². The molecule has 1 aromatic rings. The lowest BCUT2D eigenvalue weighted by Gasteiger charge is -2.35. The van der Waals surface area contributed by atoms with Crippen molar-refractivity contribution in [3.63, 3.8) is 0 Å². The number of carbonyl (C=O) groups excluding carboxylic acids is 1. The Balaban J connectivity index is 1.40. The second-order valence-electron chi connectivity index (χ2n) is 8.02. The lowest BCUT2D eigenvalue weighted by molar-refractivity contribution is -0.122. The number of aromatic nitrogens is 2. The molecule has 0 saturated carbocycles. The number of rotatable bonds is 8. The average molecular weight is 378 g/mol. The van der Waals surface area contributed by atoms with Crippen LogP contribution in [-0.2, 0) is 29.2 Å².